The summed E-state index contributed by atoms with van der Waals surface area (Å²) in [7, 11) is 3.11. The molecule has 0 heterocycles. The number of hydrogen-bond acceptors (Lipinski definition) is 4. The predicted molar refractivity (Wildman–Crippen MR) is 77.7 cm³/mol. The van der Waals surface area contributed by atoms with E-state index in [0.717, 1.165) is 25.7 Å². The third-order valence-electron chi connectivity index (χ3n) is 3.92. The van der Waals surface area contributed by atoms with Gasteiger partial charge in [-0.05, 0) is 37.8 Å². The van der Waals surface area contributed by atoms with E-state index >= 15 is 0 Å². The summed E-state index contributed by atoms with van der Waals surface area (Å²) in [5.74, 6) is 0.0260. The van der Waals surface area contributed by atoms with Crippen LogP contribution in [-0.4, -0.2) is 37.3 Å². The van der Waals surface area contributed by atoms with Gasteiger partial charge in [0.25, 0.3) is 0 Å². The summed E-state index contributed by atoms with van der Waals surface area (Å²) >= 11 is 0. The highest BCUT2D eigenvalue weighted by molar-refractivity contribution is 5.67. The molecule has 1 aliphatic rings. The van der Waals surface area contributed by atoms with Gasteiger partial charge in [-0.3, -0.25) is 0 Å². The fraction of sp³-hybridized carbons (Fsp3) is 0.533. The maximum atomic E-state index is 13.2. The molecule has 0 aliphatic heterocycles. The van der Waals surface area contributed by atoms with Crippen LogP contribution in [0, 0.1) is 5.82 Å². The van der Waals surface area contributed by atoms with E-state index < -0.39 is 0 Å². The van der Waals surface area contributed by atoms with Crippen LogP contribution in [0.3, 0.4) is 0 Å². The van der Waals surface area contributed by atoms with Crippen molar-refractivity contribution < 1.29 is 18.7 Å². The molecule has 0 atom stereocenters. The Morgan fingerprint density at radius 3 is 2.62 bits per heavy atom. The molecule has 0 aromatic heterocycles. The number of halogens is 1. The number of ether oxygens (including phenoxy) is 2. The Kier molecular flexibility index (Phi) is 4.88. The van der Waals surface area contributed by atoms with E-state index in [0.29, 0.717) is 11.4 Å². The van der Waals surface area contributed by atoms with E-state index in [1.807, 2.05) is 0 Å². The zero-order valence-corrected chi connectivity index (χ0v) is 12.3. The van der Waals surface area contributed by atoms with Crippen molar-refractivity contribution in [3.8, 4) is 5.75 Å². The maximum Gasteiger partial charge on any atom is 0.409 e. The smallest absolute Gasteiger partial charge is 0.409 e. The fourth-order valence-electron chi connectivity index (χ4n) is 2.63. The van der Waals surface area contributed by atoms with Crippen molar-refractivity contribution >= 4 is 11.8 Å². The molecule has 0 unspecified atom stereocenters. The quantitative estimate of drug-likeness (QED) is 0.871. The Labute approximate surface area is 123 Å². The van der Waals surface area contributed by atoms with E-state index in [9.17, 15) is 9.18 Å². The lowest BCUT2D eigenvalue weighted by molar-refractivity contribution is 0.0812. The lowest BCUT2D eigenvalue weighted by atomic mass is 9.92. The van der Waals surface area contributed by atoms with Crippen LogP contribution in [0.2, 0.25) is 0 Å². The number of methoxy groups -OCH3 is 1. The third-order valence-corrected chi connectivity index (χ3v) is 3.92. The average molecular weight is 296 g/mol. The minimum absolute atomic E-state index is 0.00334. The number of nitrogens with zero attached hydrogens (tertiary/aromatic N) is 1. The van der Waals surface area contributed by atoms with Gasteiger partial charge in [0.05, 0.1) is 18.9 Å². The van der Waals surface area contributed by atoms with Gasteiger partial charge in [0.15, 0.2) is 0 Å². The van der Waals surface area contributed by atoms with E-state index in [1.165, 1.54) is 25.3 Å². The minimum Gasteiger partial charge on any atom is -0.488 e. The van der Waals surface area contributed by atoms with Gasteiger partial charge >= 0.3 is 6.09 Å². The van der Waals surface area contributed by atoms with Gasteiger partial charge < -0.3 is 20.1 Å². The van der Waals surface area contributed by atoms with Crippen molar-refractivity contribution in [1.82, 2.24) is 4.90 Å². The molecule has 1 saturated carbocycles. The minimum atomic E-state index is -0.363. The van der Waals surface area contributed by atoms with E-state index in [4.69, 9.17) is 15.2 Å². The zero-order valence-electron chi connectivity index (χ0n) is 12.3. The normalized spacial score (nSPS) is 21.7. The lowest BCUT2D eigenvalue weighted by Gasteiger charge is -2.34. The Morgan fingerprint density at radius 1 is 1.33 bits per heavy atom. The van der Waals surface area contributed by atoms with Gasteiger partial charge in [0.2, 0.25) is 0 Å². The summed E-state index contributed by atoms with van der Waals surface area (Å²) in [4.78, 5) is 13.1. The van der Waals surface area contributed by atoms with Crippen LogP contribution >= 0.6 is 0 Å². The third kappa shape index (κ3) is 3.77. The SMILES string of the molecule is COC(=O)N(C)[C@H]1CC[C@H](Oc2cc(F)ccc2N)CC1. The second-order valence-electron chi connectivity index (χ2n) is 5.31. The Bertz CT molecular complexity index is 502. The first-order valence-electron chi connectivity index (χ1n) is 7.03. The fourth-order valence-corrected chi connectivity index (χ4v) is 2.63. The van der Waals surface area contributed by atoms with Crippen molar-refractivity contribution in [2.45, 2.75) is 37.8 Å². The molecule has 6 heteroatoms. The molecule has 21 heavy (non-hydrogen) atoms. The summed E-state index contributed by atoms with van der Waals surface area (Å²) in [5.41, 5.74) is 6.21. The molecule has 1 aliphatic carbocycles. The number of hydrogen-bond donors (Lipinski definition) is 1. The molecule has 0 saturated heterocycles. The van der Waals surface area contributed by atoms with Gasteiger partial charge in [0, 0.05) is 19.2 Å². The van der Waals surface area contributed by atoms with Crippen LogP contribution < -0.4 is 10.5 Å². The van der Waals surface area contributed by atoms with Crippen molar-refractivity contribution in [2.75, 3.05) is 19.9 Å². The van der Waals surface area contributed by atoms with Crippen LogP contribution in [0.5, 0.6) is 5.75 Å². The first-order chi connectivity index (χ1) is 10.0. The Balaban J connectivity index is 1.89. The van der Waals surface area contributed by atoms with Gasteiger partial charge in [-0.1, -0.05) is 0 Å². The number of carbonyl (C=O) groups excluding carboxylic acids is 1. The topological polar surface area (TPSA) is 64.8 Å². The van der Waals surface area contributed by atoms with Crippen molar-refractivity contribution in [3.63, 3.8) is 0 Å². The molecule has 2 N–H and O–H groups in total. The molecule has 2 rings (SSSR count). The summed E-state index contributed by atoms with van der Waals surface area (Å²) in [5, 5.41) is 0. The molecule has 0 bridgehead atoms. The van der Waals surface area contributed by atoms with Crippen LogP contribution in [0.25, 0.3) is 0 Å². The van der Waals surface area contributed by atoms with E-state index in [-0.39, 0.29) is 24.1 Å². The molecule has 1 fully saturated rings. The molecule has 1 amide bonds. The molecule has 0 spiro atoms. The van der Waals surface area contributed by atoms with Crippen LogP contribution in [0.1, 0.15) is 25.7 Å². The number of carbonyl (C=O) groups is 1. The molecule has 5 nitrogen and oxygen atoms in total. The first kappa shape index (κ1) is 15.4. The molecular weight excluding hydrogens is 275 g/mol. The molecule has 116 valence electrons. The lowest BCUT2D eigenvalue weighted by Crippen LogP contribution is -2.41. The van der Waals surface area contributed by atoms with E-state index in [1.54, 1.807) is 11.9 Å². The van der Waals surface area contributed by atoms with Gasteiger partial charge in [-0.25, -0.2) is 9.18 Å². The standard InChI is InChI=1S/C15H21FN2O3/c1-18(15(19)20-2)11-4-6-12(7-5-11)21-14-9-10(16)3-8-13(14)17/h3,8-9,11-12H,4-7,17H2,1-2H3/t11-,12-. The van der Waals surface area contributed by atoms with Crippen LogP contribution in [0.4, 0.5) is 14.9 Å². The molecule has 1 aromatic rings. The second kappa shape index (κ2) is 6.65. The summed E-state index contributed by atoms with van der Waals surface area (Å²) < 4.78 is 23.7. The number of nitrogens with two attached hydrogens (primary N) is 1. The monoisotopic (exact) mass is 296 g/mol. The van der Waals surface area contributed by atoms with Gasteiger partial charge in [0.1, 0.15) is 11.6 Å². The molecule has 1 aromatic carbocycles. The maximum absolute atomic E-state index is 13.2. The molecule has 0 radical (unpaired) electrons. The highest BCUT2D eigenvalue weighted by atomic mass is 19.1. The Hall–Kier alpha value is -1.98. The number of benzene rings is 1. The summed E-state index contributed by atoms with van der Waals surface area (Å²) in [6.45, 7) is 0. The van der Waals surface area contributed by atoms with Crippen LogP contribution in [0.15, 0.2) is 18.2 Å². The predicted octanol–water partition coefficient (Wildman–Crippen LogP) is 2.80. The number of anilines is 1. The van der Waals surface area contributed by atoms with E-state index in [2.05, 4.69) is 0 Å². The van der Waals surface area contributed by atoms with Crippen molar-refractivity contribution in [2.24, 2.45) is 0 Å². The zero-order chi connectivity index (χ0) is 15.4. The first-order valence-corrected chi connectivity index (χ1v) is 7.03. The number of amides is 1. The average Bonchev–Trinajstić information content (AvgIpc) is 2.50. The number of nitrogen functional groups attached to an aromatic ring is 1. The van der Waals surface area contributed by atoms with Crippen LogP contribution in [-0.2, 0) is 4.74 Å². The second-order valence-corrected chi connectivity index (χ2v) is 5.31. The highest BCUT2D eigenvalue weighted by Crippen LogP contribution is 2.29. The highest BCUT2D eigenvalue weighted by Gasteiger charge is 2.28. The van der Waals surface area contributed by atoms with Crippen molar-refractivity contribution in [1.29, 1.82) is 0 Å². The summed E-state index contributed by atoms with van der Waals surface area (Å²) in [6.07, 6.45) is 2.91. The van der Waals surface area contributed by atoms with Gasteiger partial charge in [-0.2, -0.15) is 0 Å². The summed E-state index contributed by atoms with van der Waals surface area (Å²) in [6, 6.07) is 4.27. The largest absolute Gasteiger partial charge is 0.488 e. The molecular formula is C15H21FN2O3. The number of rotatable bonds is 3. The Morgan fingerprint density at radius 2 is 2.00 bits per heavy atom. The van der Waals surface area contributed by atoms with Gasteiger partial charge in [-0.15, -0.1) is 0 Å². The van der Waals surface area contributed by atoms with Crippen molar-refractivity contribution in [3.05, 3.63) is 24.0 Å².